The molecule has 0 bridgehead atoms. The summed E-state index contributed by atoms with van der Waals surface area (Å²) >= 11 is 0. The third-order valence-corrected chi connectivity index (χ3v) is 6.94. The van der Waals surface area contributed by atoms with E-state index in [2.05, 4.69) is 74.4 Å². The summed E-state index contributed by atoms with van der Waals surface area (Å²) in [4.78, 5) is 0. The lowest BCUT2D eigenvalue weighted by Gasteiger charge is -2.49. The molecule has 0 heteroatoms. The molecule has 2 rings (SSSR count). The van der Waals surface area contributed by atoms with Gasteiger partial charge in [-0.3, -0.25) is 0 Å². The molecule has 0 spiro atoms. The van der Waals surface area contributed by atoms with Crippen LogP contribution in [-0.2, 0) is 10.8 Å². The van der Waals surface area contributed by atoms with Crippen LogP contribution in [0.25, 0.3) is 0 Å². The van der Waals surface area contributed by atoms with Crippen LogP contribution in [0.2, 0.25) is 0 Å². The highest BCUT2D eigenvalue weighted by Crippen LogP contribution is 2.64. The van der Waals surface area contributed by atoms with Crippen molar-refractivity contribution in [2.24, 2.45) is 11.3 Å². The molecule has 1 aromatic carbocycles. The third kappa shape index (κ3) is 1.46. The van der Waals surface area contributed by atoms with Gasteiger partial charge in [0.15, 0.2) is 0 Å². The Balaban J connectivity index is 2.90. The lowest BCUT2D eigenvalue weighted by Crippen LogP contribution is -2.47. The van der Waals surface area contributed by atoms with Crippen molar-refractivity contribution in [1.29, 1.82) is 0 Å². The van der Waals surface area contributed by atoms with Gasteiger partial charge in [0.2, 0.25) is 0 Å². The van der Waals surface area contributed by atoms with Crippen LogP contribution < -0.4 is 0 Å². The molecule has 0 saturated carbocycles. The zero-order valence-electron chi connectivity index (χ0n) is 14.2. The molecule has 1 unspecified atom stereocenters. The number of benzene rings is 1. The lowest BCUT2D eigenvalue weighted by atomic mass is 9.55. The van der Waals surface area contributed by atoms with E-state index in [1.807, 2.05) is 0 Å². The van der Waals surface area contributed by atoms with Gasteiger partial charge >= 0.3 is 0 Å². The van der Waals surface area contributed by atoms with Crippen molar-refractivity contribution in [2.75, 3.05) is 0 Å². The van der Waals surface area contributed by atoms with E-state index in [4.69, 9.17) is 0 Å². The van der Waals surface area contributed by atoms with Crippen LogP contribution in [0.5, 0.6) is 0 Å². The van der Waals surface area contributed by atoms with Gasteiger partial charge in [0.05, 0.1) is 0 Å². The fourth-order valence-corrected chi connectivity index (χ4v) is 4.39. The quantitative estimate of drug-likeness (QED) is 0.621. The van der Waals surface area contributed by atoms with Gasteiger partial charge in [0.1, 0.15) is 0 Å². The first-order chi connectivity index (χ1) is 8.49. The maximum absolute atomic E-state index is 2.47. The van der Waals surface area contributed by atoms with Crippen LogP contribution in [0.3, 0.4) is 0 Å². The van der Waals surface area contributed by atoms with Gasteiger partial charge in [0, 0.05) is 5.41 Å². The molecule has 0 saturated heterocycles. The molecular formula is C19H30. The molecule has 0 heterocycles. The first-order valence-electron chi connectivity index (χ1n) is 7.60. The summed E-state index contributed by atoms with van der Waals surface area (Å²) in [7, 11) is 0. The Bertz CT molecular complexity index is 517. The minimum atomic E-state index is 0.220. The Kier molecular flexibility index (Phi) is 2.98. The molecule has 0 amide bonds. The predicted octanol–water partition coefficient (Wildman–Crippen LogP) is 5.53. The van der Waals surface area contributed by atoms with E-state index in [-0.39, 0.29) is 16.2 Å². The lowest BCUT2D eigenvalue weighted by molar-refractivity contribution is 0.0739. The van der Waals surface area contributed by atoms with Crippen LogP contribution in [-0.4, -0.2) is 0 Å². The molecule has 0 radical (unpaired) electrons. The molecule has 1 aliphatic rings. The standard InChI is InChI=1S/C19H30/c1-12(2)19(9)15-11-10-13(3)14(4)16(15)17(5,6)18(19,7)8/h10-12H,1-9H3. The summed E-state index contributed by atoms with van der Waals surface area (Å²) in [5.74, 6) is 0.644. The molecule has 1 atom stereocenters. The minimum Gasteiger partial charge on any atom is -0.0619 e. The van der Waals surface area contributed by atoms with Crippen molar-refractivity contribution in [3.63, 3.8) is 0 Å². The van der Waals surface area contributed by atoms with Crippen molar-refractivity contribution in [3.05, 3.63) is 34.4 Å². The first-order valence-corrected chi connectivity index (χ1v) is 7.60. The number of rotatable bonds is 1. The number of hydrogen-bond donors (Lipinski definition) is 0. The Labute approximate surface area is 119 Å². The maximum Gasteiger partial charge on any atom is 0.00101 e. The van der Waals surface area contributed by atoms with Crippen LogP contribution in [0.4, 0.5) is 0 Å². The monoisotopic (exact) mass is 258 g/mol. The van der Waals surface area contributed by atoms with Gasteiger partial charge in [-0.15, -0.1) is 0 Å². The van der Waals surface area contributed by atoms with E-state index in [1.165, 1.54) is 11.1 Å². The largest absolute Gasteiger partial charge is 0.0619 e. The summed E-state index contributed by atoms with van der Waals surface area (Å²) in [5.41, 5.74) is 6.83. The maximum atomic E-state index is 2.47. The summed E-state index contributed by atoms with van der Waals surface area (Å²) in [5, 5.41) is 0. The van der Waals surface area contributed by atoms with E-state index >= 15 is 0 Å². The fourth-order valence-electron chi connectivity index (χ4n) is 4.39. The van der Waals surface area contributed by atoms with Crippen molar-refractivity contribution in [2.45, 2.75) is 73.1 Å². The highest BCUT2D eigenvalue weighted by molar-refractivity contribution is 5.55. The molecule has 0 aromatic heterocycles. The molecule has 0 nitrogen and oxygen atoms in total. The number of aryl methyl sites for hydroxylation is 1. The second kappa shape index (κ2) is 3.87. The fraction of sp³-hybridized carbons (Fsp3) is 0.684. The minimum absolute atomic E-state index is 0.220. The van der Waals surface area contributed by atoms with Gasteiger partial charge in [0.25, 0.3) is 0 Å². The van der Waals surface area contributed by atoms with E-state index in [0.29, 0.717) is 5.92 Å². The SMILES string of the molecule is Cc1ccc2c(c1C)C(C)(C)C(C)(C)C2(C)C(C)C. The second-order valence-corrected chi connectivity index (χ2v) is 8.04. The Morgan fingerprint density at radius 3 is 1.89 bits per heavy atom. The van der Waals surface area contributed by atoms with E-state index < -0.39 is 0 Å². The summed E-state index contributed by atoms with van der Waals surface area (Å²) < 4.78 is 0. The Morgan fingerprint density at radius 1 is 0.895 bits per heavy atom. The highest BCUT2D eigenvalue weighted by atomic mass is 14.6. The average molecular weight is 258 g/mol. The zero-order valence-corrected chi connectivity index (χ0v) is 14.2. The van der Waals surface area contributed by atoms with E-state index in [1.54, 1.807) is 11.1 Å². The van der Waals surface area contributed by atoms with Gasteiger partial charge in [-0.05, 0) is 52.8 Å². The van der Waals surface area contributed by atoms with Crippen molar-refractivity contribution in [1.82, 2.24) is 0 Å². The summed E-state index contributed by atoms with van der Waals surface area (Å²) in [6.45, 7) is 21.6. The van der Waals surface area contributed by atoms with Crippen LogP contribution in [0.15, 0.2) is 12.1 Å². The van der Waals surface area contributed by atoms with Gasteiger partial charge in [-0.2, -0.15) is 0 Å². The number of hydrogen-bond acceptors (Lipinski definition) is 0. The average Bonchev–Trinajstić information content (AvgIpc) is 2.41. The molecule has 106 valence electrons. The van der Waals surface area contributed by atoms with Crippen LogP contribution in [0, 0.1) is 25.2 Å². The van der Waals surface area contributed by atoms with Gasteiger partial charge < -0.3 is 0 Å². The molecular weight excluding hydrogens is 228 g/mol. The molecule has 19 heavy (non-hydrogen) atoms. The van der Waals surface area contributed by atoms with Crippen LogP contribution in [0.1, 0.15) is 70.7 Å². The van der Waals surface area contributed by atoms with Crippen molar-refractivity contribution >= 4 is 0 Å². The molecule has 0 fully saturated rings. The van der Waals surface area contributed by atoms with Crippen molar-refractivity contribution < 1.29 is 0 Å². The first kappa shape index (κ1) is 14.6. The normalized spacial score (nSPS) is 27.7. The third-order valence-electron chi connectivity index (χ3n) is 6.94. The zero-order chi connectivity index (χ0) is 14.8. The highest BCUT2D eigenvalue weighted by Gasteiger charge is 2.60. The molecule has 1 aromatic rings. The molecule has 0 N–H and O–H groups in total. The van der Waals surface area contributed by atoms with E-state index in [9.17, 15) is 0 Å². The molecule has 0 aliphatic heterocycles. The molecule has 1 aliphatic carbocycles. The summed E-state index contributed by atoms with van der Waals surface area (Å²) in [6, 6.07) is 4.71. The van der Waals surface area contributed by atoms with Gasteiger partial charge in [-0.1, -0.05) is 60.6 Å². The Hall–Kier alpha value is -0.780. The summed E-state index contributed by atoms with van der Waals surface area (Å²) in [6.07, 6.45) is 0. The Morgan fingerprint density at radius 2 is 1.42 bits per heavy atom. The van der Waals surface area contributed by atoms with Crippen LogP contribution >= 0.6 is 0 Å². The van der Waals surface area contributed by atoms with Crippen molar-refractivity contribution in [3.8, 4) is 0 Å². The topological polar surface area (TPSA) is 0 Å². The van der Waals surface area contributed by atoms with E-state index in [0.717, 1.165) is 0 Å². The number of fused-ring (bicyclic) bond motifs is 1. The smallest absolute Gasteiger partial charge is 0.00101 e. The predicted molar refractivity (Wildman–Crippen MR) is 84.9 cm³/mol. The second-order valence-electron chi connectivity index (χ2n) is 8.04. The van der Waals surface area contributed by atoms with Gasteiger partial charge in [-0.25, -0.2) is 0 Å².